The van der Waals surface area contributed by atoms with Gasteiger partial charge in [-0.2, -0.15) is 0 Å². The van der Waals surface area contributed by atoms with Crippen LogP contribution >= 0.6 is 0 Å². The van der Waals surface area contributed by atoms with Crippen molar-refractivity contribution >= 4 is 23.6 Å². The molecule has 2 heterocycles. The second kappa shape index (κ2) is 2.91. The summed E-state index contributed by atoms with van der Waals surface area (Å²) in [6.07, 6.45) is 7.03. The van der Waals surface area contributed by atoms with Crippen molar-refractivity contribution in [3.63, 3.8) is 0 Å². The number of allylic oxidation sites excluding steroid dienone is 2. The molecule has 5 nitrogen and oxygen atoms in total. The molecule has 1 unspecified atom stereocenters. The first-order valence-corrected chi connectivity index (χ1v) is 4.98. The van der Waals surface area contributed by atoms with Crippen molar-refractivity contribution in [3.8, 4) is 0 Å². The second-order valence-electron chi connectivity index (χ2n) is 3.84. The number of fused-ring (bicyclic) bond motifs is 3. The fourth-order valence-electron chi connectivity index (χ4n) is 2.02. The Morgan fingerprint density at radius 3 is 3.00 bits per heavy atom. The molecule has 2 aliphatic rings. The van der Waals surface area contributed by atoms with Gasteiger partial charge in [0, 0.05) is 13.1 Å². The van der Waals surface area contributed by atoms with E-state index in [2.05, 4.69) is 9.98 Å². The first-order valence-electron chi connectivity index (χ1n) is 4.98. The number of imidazole rings is 1. The molecular formula is C11H10N4O. The summed E-state index contributed by atoms with van der Waals surface area (Å²) in [6.45, 7) is 0. The standard InChI is InChI=1S/C11H10N4O/c1-15-8-4-3-7-6(2-5-9(16)13-7)10(8)14-11(15)12/h2-6H,1H3,(H2,12,14). The Bertz CT molecular complexity index is 577. The zero-order chi connectivity index (χ0) is 11.3. The van der Waals surface area contributed by atoms with Gasteiger partial charge >= 0.3 is 0 Å². The number of aromatic nitrogens is 2. The largest absolute Gasteiger partial charge is 0.369 e. The van der Waals surface area contributed by atoms with E-state index in [1.54, 1.807) is 0 Å². The number of aliphatic imine (C=N–C) groups is 1. The number of amides is 1. The zero-order valence-corrected chi connectivity index (χ0v) is 8.71. The lowest BCUT2D eigenvalue weighted by Gasteiger charge is -2.18. The van der Waals surface area contributed by atoms with Gasteiger partial charge in [0.2, 0.25) is 5.95 Å². The lowest BCUT2D eigenvalue weighted by molar-refractivity contribution is -0.113. The molecule has 1 atom stereocenters. The summed E-state index contributed by atoms with van der Waals surface area (Å²) in [4.78, 5) is 19.4. The second-order valence-corrected chi connectivity index (χ2v) is 3.84. The van der Waals surface area contributed by atoms with Crippen molar-refractivity contribution in [2.75, 3.05) is 5.73 Å². The van der Waals surface area contributed by atoms with Gasteiger partial charge in [0.25, 0.3) is 5.91 Å². The van der Waals surface area contributed by atoms with Gasteiger partial charge < -0.3 is 10.3 Å². The number of nitrogens with two attached hydrogens (primary N) is 1. The molecule has 16 heavy (non-hydrogen) atoms. The van der Waals surface area contributed by atoms with Gasteiger partial charge in [0.15, 0.2) is 0 Å². The average molecular weight is 214 g/mol. The topological polar surface area (TPSA) is 73.3 Å². The van der Waals surface area contributed by atoms with Gasteiger partial charge in [0.1, 0.15) is 0 Å². The third-order valence-corrected chi connectivity index (χ3v) is 2.90. The number of hydrogen-bond donors (Lipinski definition) is 1. The molecule has 0 fully saturated rings. The molecule has 1 amide bonds. The van der Waals surface area contributed by atoms with Crippen LogP contribution in [0.1, 0.15) is 17.3 Å². The van der Waals surface area contributed by atoms with E-state index < -0.39 is 0 Å². The summed E-state index contributed by atoms with van der Waals surface area (Å²) >= 11 is 0. The lowest BCUT2D eigenvalue weighted by Crippen LogP contribution is -2.18. The Balaban J connectivity index is 2.20. The van der Waals surface area contributed by atoms with Crippen molar-refractivity contribution in [3.05, 3.63) is 29.6 Å². The highest BCUT2D eigenvalue weighted by atomic mass is 16.1. The Kier molecular flexibility index (Phi) is 1.65. The number of carbonyl (C=O) groups excluding carboxylic acids is 1. The fraction of sp³-hybridized carbons (Fsp3) is 0.182. The molecule has 80 valence electrons. The molecule has 1 aliphatic heterocycles. The van der Waals surface area contributed by atoms with Crippen molar-refractivity contribution < 1.29 is 4.79 Å². The van der Waals surface area contributed by atoms with E-state index in [1.807, 2.05) is 29.8 Å². The van der Waals surface area contributed by atoms with Crippen LogP contribution in [0.5, 0.6) is 0 Å². The number of dihydropyridines is 1. The summed E-state index contributed by atoms with van der Waals surface area (Å²) in [6, 6.07) is 0. The summed E-state index contributed by atoms with van der Waals surface area (Å²) in [5.41, 5.74) is 8.33. The van der Waals surface area contributed by atoms with Crippen LogP contribution in [0.4, 0.5) is 5.95 Å². The van der Waals surface area contributed by atoms with Crippen molar-refractivity contribution in [1.82, 2.24) is 9.55 Å². The molecule has 3 rings (SSSR count). The third-order valence-electron chi connectivity index (χ3n) is 2.90. The van der Waals surface area contributed by atoms with Gasteiger partial charge in [0.05, 0.1) is 23.0 Å². The zero-order valence-electron chi connectivity index (χ0n) is 8.71. The van der Waals surface area contributed by atoms with Crippen LogP contribution in [0.3, 0.4) is 0 Å². The fourth-order valence-corrected chi connectivity index (χ4v) is 2.02. The van der Waals surface area contributed by atoms with Crippen molar-refractivity contribution in [2.45, 2.75) is 5.92 Å². The summed E-state index contributed by atoms with van der Waals surface area (Å²) in [5.74, 6) is 0.214. The minimum absolute atomic E-state index is 0.0406. The lowest BCUT2D eigenvalue weighted by atomic mass is 9.91. The molecule has 2 N–H and O–H groups in total. The number of nitrogens with zero attached hydrogens (tertiary/aromatic N) is 3. The van der Waals surface area contributed by atoms with Crippen LogP contribution in [0, 0.1) is 0 Å². The summed E-state index contributed by atoms with van der Waals surface area (Å²) < 4.78 is 1.83. The Morgan fingerprint density at radius 1 is 1.38 bits per heavy atom. The highest BCUT2D eigenvalue weighted by Crippen LogP contribution is 2.31. The molecule has 0 saturated heterocycles. The monoisotopic (exact) mass is 214 g/mol. The number of anilines is 1. The van der Waals surface area contributed by atoms with Gasteiger partial charge in [-0.25, -0.2) is 9.98 Å². The summed E-state index contributed by atoms with van der Waals surface area (Å²) in [7, 11) is 1.87. The molecular weight excluding hydrogens is 204 g/mol. The maximum Gasteiger partial charge on any atom is 0.269 e. The van der Waals surface area contributed by atoms with Crippen LogP contribution in [0.15, 0.2) is 23.2 Å². The van der Waals surface area contributed by atoms with Crippen LogP contribution in [0.25, 0.3) is 6.08 Å². The van der Waals surface area contributed by atoms with Crippen LogP contribution in [-0.4, -0.2) is 21.2 Å². The van der Waals surface area contributed by atoms with E-state index in [0.29, 0.717) is 5.95 Å². The van der Waals surface area contributed by atoms with Crippen molar-refractivity contribution in [1.29, 1.82) is 0 Å². The first-order chi connectivity index (χ1) is 7.66. The van der Waals surface area contributed by atoms with E-state index in [1.165, 1.54) is 6.08 Å². The van der Waals surface area contributed by atoms with Crippen LogP contribution in [-0.2, 0) is 11.8 Å². The van der Waals surface area contributed by atoms with Gasteiger partial charge in [-0.1, -0.05) is 6.08 Å². The van der Waals surface area contributed by atoms with E-state index >= 15 is 0 Å². The third kappa shape index (κ3) is 1.08. The molecule has 1 aliphatic carbocycles. The molecule has 0 spiro atoms. The van der Waals surface area contributed by atoms with E-state index in [9.17, 15) is 4.79 Å². The number of hydrogen-bond acceptors (Lipinski definition) is 3. The smallest absolute Gasteiger partial charge is 0.269 e. The Hall–Kier alpha value is -2.17. The highest BCUT2D eigenvalue weighted by Gasteiger charge is 2.27. The first kappa shape index (κ1) is 9.08. The number of carbonyl (C=O) groups is 1. The Morgan fingerprint density at radius 2 is 2.19 bits per heavy atom. The quantitative estimate of drug-likeness (QED) is 0.689. The normalized spacial score (nSPS) is 21.7. The molecule has 0 bridgehead atoms. The number of rotatable bonds is 0. The minimum atomic E-state index is -0.219. The predicted octanol–water partition coefficient (Wildman–Crippen LogP) is 0.650. The molecule has 1 aromatic heterocycles. The molecule has 0 radical (unpaired) electrons. The van der Waals surface area contributed by atoms with Gasteiger partial charge in [-0.15, -0.1) is 0 Å². The highest BCUT2D eigenvalue weighted by molar-refractivity contribution is 6.14. The van der Waals surface area contributed by atoms with E-state index in [0.717, 1.165) is 17.1 Å². The predicted molar refractivity (Wildman–Crippen MR) is 61.0 cm³/mol. The molecule has 0 saturated carbocycles. The van der Waals surface area contributed by atoms with Crippen molar-refractivity contribution in [2.24, 2.45) is 12.0 Å². The Labute approximate surface area is 92.0 Å². The van der Waals surface area contributed by atoms with E-state index in [-0.39, 0.29) is 11.8 Å². The molecule has 1 aromatic rings. The van der Waals surface area contributed by atoms with Crippen LogP contribution in [0.2, 0.25) is 0 Å². The average Bonchev–Trinajstić information content (AvgIpc) is 2.55. The summed E-state index contributed by atoms with van der Waals surface area (Å²) in [5, 5.41) is 0. The van der Waals surface area contributed by atoms with Crippen LogP contribution < -0.4 is 5.73 Å². The molecule has 0 aromatic carbocycles. The van der Waals surface area contributed by atoms with Gasteiger partial charge in [-0.05, 0) is 12.2 Å². The maximum atomic E-state index is 11.1. The minimum Gasteiger partial charge on any atom is -0.369 e. The SMILES string of the molecule is Cn1c(N)nc2c1C=CC1=NC(=O)C=CC12. The van der Waals surface area contributed by atoms with Gasteiger partial charge in [-0.3, -0.25) is 4.79 Å². The molecule has 5 heteroatoms. The number of nitrogen functional groups attached to an aromatic ring is 1. The van der Waals surface area contributed by atoms with E-state index in [4.69, 9.17) is 5.73 Å². The maximum absolute atomic E-state index is 11.1.